The molecule has 0 saturated heterocycles. The smallest absolute Gasteiger partial charge is 0.337 e. The highest BCUT2D eigenvalue weighted by Gasteiger charge is 2.10. The summed E-state index contributed by atoms with van der Waals surface area (Å²) in [7, 11) is 5.64. The van der Waals surface area contributed by atoms with Gasteiger partial charge in [0.2, 0.25) is 0 Å². The van der Waals surface area contributed by atoms with Gasteiger partial charge in [0.1, 0.15) is 0 Å². The van der Waals surface area contributed by atoms with E-state index >= 15 is 0 Å². The standard InChI is InChI=1S/C13H20N4O3/c1-16(2)5-4-6-17(3)13(20)15-11-7-10(12(18)19)8-14-9-11/h7-9H,4-6H2,1-3H3,(H,15,20)(H,18,19). The number of aromatic nitrogens is 1. The molecule has 7 heteroatoms. The van der Waals surface area contributed by atoms with Gasteiger partial charge in [-0.2, -0.15) is 0 Å². The van der Waals surface area contributed by atoms with Crippen LogP contribution in [0.3, 0.4) is 0 Å². The number of nitrogens with one attached hydrogen (secondary N) is 1. The number of carboxylic acids is 1. The minimum atomic E-state index is -1.08. The predicted octanol–water partition coefficient (Wildman–Crippen LogP) is 1.20. The van der Waals surface area contributed by atoms with Gasteiger partial charge in [-0.1, -0.05) is 0 Å². The van der Waals surface area contributed by atoms with Crippen LogP contribution in [-0.4, -0.2) is 66.1 Å². The Labute approximate surface area is 118 Å². The molecule has 0 aliphatic rings. The van der Waals surface area contributed by atoms with Gasteiger partial charge in [0.05, 0.1) is 17.4 Å². The Morgan fingerprint density at radius 3 is 2.55 bits per heavy atom. The largest absolute Gasteiger partial charge is 0.478 e. The number of carboxylic acid groups (broad SMARTS) is 1. The fourth-order valence-corrected chi connectivity index (χ4v) is 1.57. The summed E-state index contributed by atoms with van der Waals surface area (Å²) in [4.78, 5) is 30.1. The van der Waals surface area contributed by atoms with E-state index < -0.39 is 5.97 Å². The van der Waals surface area contributed by atoms with Crippen molar-refractivity contribution in [2.75, 3.05) is 39.5 Å². The number of hydrogen-bond acceptors (Lipinski definition) is 4. The topological polar surface area (TPSA) is 85.8 Å². The number of carbonyl (C=O) groups is 2. The van der Waals surface area contributed by atoms with Crippen molar-refractivity contribution in [3.8, 4) is 0 Å². The van der Waals surface area contributed by atoms with Crippen LogP contribution in [0.4, 0.5) is 10.5 Å². The first-order chi connectivity index (χ1) is 9.40. The summed E-state index contributed by atoms with van der Waals surface area (Å²) in [5.74, 6) is -1.08. The van der Waals surface area contributed by atoms with Crippen LogP contribution in [0, 0.1) is 0 Å². The highest BCUT2D eigenvalue weighted by molar-refractivity contribution is 5.92. The molecule has 0 bridgehead atoms. The van der Waals surface area contributed by atoms with Crippen molar-refractivity contribution in [1.82, 2.24) is 14.8 Å². The summed E-state index contributed by atoms with van der Waals surface area (Å²) in [6.45, 7) is 1.52. The lowest BCUT2D eigenvalue weighted by atomic mass is 10.2. The van der Waals surface area contributed by atoms with Crippen molar-refractivity contribution < 1.29 is 14.7 Å². The van der Waals surface area contributed by atoms with Crippen molar-refractivity contribution >= 4 is 17.7 Å². The molecule has 20 heavy (non-hydrogen) atoms. The van der Waals surface area contributed by atoms with Gasteiger partial charge >= 0.3 is 12.0 Å². The van der Waals surface area contributed by atoms with Crippen LogP contribution in [-0.2, 0) is 0 Å². The van der Waals surface area contributed by atoms with Gasteiger partial charge in [-0.05, 0) is 33.1 Å². The molecule has 1 aromatic heterocycles. The Morgan fingerprint density at radius 2 is 1.95 bits per heavy atom. The van der Waals surface area contributed by atoms with Crippen LogP contribution in [0.5, 0.6) is 0 Å². The van der Waals surface area contributed by atoms with Crippen molar-refractivity contribution in [3.63, 3.8) is 0 Å². The van der Waals surface area contributed by atoms with E-state index in [0.717, 1.165) is 13.0 Å². The number of urea groups is 1. The van der Waals surface area contributed by atoms with Crippen molar-refractivity contribution in [2.45, 2.75) is 6.42 Å². The van der Waals surface area contributed by atoms with Crippen LogP contribution in [0.2, 0.25) is 0 Å². The van der Waals surface area contributed by atoms with Gasteiger partial charge < -0.3 is 20.2 Å². The first kappa shape index (κ1) is 15.9. The molecular weight excluding hydrogens is 260 g/mol. The lowest BCUT2D eigenvalue weighted by molar-refractivity contribution is 0.0696. The summed E-state index contributed by atoms with van der Waals surface area (Å²) < 4.78 is 0. The van der Waals surface area contributed by atoms with E-state index in [4.69, 9.17) is 5.11 Å². The van der Waals surface area contributed by atoms with Crippen molar-refractivity contribution in [3.05, 3.63) is 24.0 Å². The SMILES string of the molecule is CN(C)CCCN(C)C(=O)Nc1cncc(C(=O)O)c1. The second-order valence-corrected chi connectivity index (χ2v) is 4.78. The molecule has 2 amide bonds. The molecule has 1 heterocycles. The minimum Gasteiger partial charge on any atom is -0.478 e. The zero-order valence-electron chi connectivity index (χ0n) is 12.0. The van der Waals surface area contributed by atoms with Gasteiger partial charge in [-0.15, -0.1) is 0 Å². The van der Waals surface area contributed by atoms with E-state index in [1.54, 1.807) is 11.9 Å². The molecule has 0 aromatic carbocycles. The quantitative estimate of drug-likeness (QED) is 0.817. The Kier molecular flexibility index (Phi) is 5.92. The van der Waals surface area contributed by atoms with E-state index in [2.05, 4.69) is 10.3 Å². The summed E-state index contributed by atoms with van der Waals surface area (Å²) in [5, 5.41) is 11.5. The Morgan fingerprint density at radius 1 is 1.25 bits per heavy atom. The summed E-state index contributed by atoms with van der Waals surface area (Å²) in [6.07, 6.45) is 3.52. The predicted molar refractivity (Wildman–Crippen MR) is 76.0 cm³/mol. The number of aromatic carboxylic acids is 1. The maximum Gasteiger partial charge on any atom is 0.337 e. The number of pyridine rings is 1. The molecule has 1 aromatic rings. The van der Waals surface area contributed by atoms with E-state index in [1.807, 2.05) is 19.0 Å². The molecule has 0 radical (unpaired) electrons. The van der Waals surface area contributed by atoms with Crippen LogP contribution in [0.25, 0.3) is 0 Å². The van der Waals surface area contributed by atoms with Crippen LogP contribution < -0.4 is 5.32 Å². The number of hydrogen-bond donors (Lipinski definition) is 2. The maximum absolute atomic E-state index is 11.9. The third-order valence-electron chi connectivity index (χ3n) is 2.68. The summed E-state index contributed by atoms with van der Waals surface area (Å²) >= 11 is 0. The van der Waals surface area contributed by atoms with Crippen LogP contribution in [0.1, 0.15) is 16.8 Å². The third-order valence-corrected chi connectivity index (χ3v) is 2.68. The molecule has 7 nitrogen and oxygen atoms in total. The first-order valence-corrected chi connectivity index (χ1v) is 6.25. The maximum atomic E-state index is 11.9. The molecule has 0 aliphatic carbocycles. The second kappa shape index (κ2) is 7.44. The van der Waals surface area contributed by atoms with Gasteiger partial charge in [-0.3, -0.25) is 4.98 Å². The molecule has 0 saturated carbocycles. The Bertz CT molecular complexity index is 476. The molecule has 110 valence electrons. The van der Waals surface area contributed by atoms with Crippen LogP contribution >= 0.6 is 0 Å². The molecule has 0 unspecified atom stereocenters. The van der Waals surface area contributed by atoms with Gasteiger partial charge in [0.15, 0.2) is 0 Å². The van der Waals surface area contributed by atoms with Crippen molar-refractivity contribution in [1.29, 1.82) is 0 Å². The molecular formula is C13H20N4O3. The lowest BCUT2D eigenvalue weighted by Crippen LogP contribution is -2.33. The average Bonchev–Trinajstić information content (AvgIpc) is 2.38. The van der Waals surface area contributed by atoms with Crippen LogP contribution in [0.15, 0.2) is 18.5 Å². The normalized spacial score (nSPS) is 10.4. The van der Waals surface area contributed by atoms with Gasteiger partial charge in [0, 0.05) is 19.8 Å². The molecule has 2 N–H and O–H groups in total. The van der Waals surface area contributed by atoms with Gasteiger partial charge in [-0.25, -0.2) is 9.59 Å². The number of nitrogens with zero attached hydrogens (tertiary/aromatic N) is 3. The monoisotopic (exact) mass is 280 g/mol. The van der Waals surface area contributed by atoms with E-state index in [0.29, 0.717) is 12.2 Å². The summed E-state index contributed by atoms with van der Waals surface area (Å²) in [6, 6.07) is 1.09. The number of carbonyl (C=O) groups excluding carboxylic acids is 1. The molecule has 0 fully saturated rings. The molecule has 0 spiro atoms. The lowest BCUT2D eigenvalue weighted by Gasteiger charge is -2.19. The molecule has 0 aliphatic heterocycles. The van der Waals surface area contributed by atoms with E-state index in [-0.39, 0.29) is 11.6 Å². The first-order valence-electron chi connectivity index (χ1n) is 6.25. The number of rotatable bonds is 6. The zero-order valence-corrected chi connectivity index (χ0v) is 12.0. The number of amides is 2. The third kappa shape index (κ3) is 5.23. The Hall–Kier alpha value is -2.15. The van der Waals surface area contributed by atoms with E-state index in [1.165, 1.54) is 18.5 Å². The fourth-order valence-electron chi connectivity index (χ4n) is 1.57. The molecule has 0 atom stereocenters. The summed E-state index contributed by atoms with van der Waals surface area (Å²) in [5.41, 5.74) is 0.410. The second-order valence-electron chi connectivity index (χ2n) is 4.78. The average molecular weight is 280 g/mol. The van der Waals surface area contributed by atoms with Crippen molar-refractivity contribution in [2.24, 2.45) is 0 Å². The minimum absolute atomic E-state index is 0.0399. The molecule has 1 rings (SSSR count). The number of anilines is 1. The fraction of sp³-hybridized carbons (Fsp3) is 0.462. The zero-order chi connectivity index (χ0) is 15.1. The van der Waals surface area contributed by atoms with E-state index in [9.17, 15) is 9.59 Å². The highest BCUT2D eigenvalue weighted by Crippen LogP contribution is 2.09. The van der Waals surface area contributed by atoms with Gasteiger partial charge in [0.25, 0.3) is 0 Å². The Balaban J connectivity index is 2.52. The highest BCUT2D eigenvalue weighted by atomic mass is 16.4.